The molecule has 1 fully saturated rings. The van der Waals surface area contributed by atoms with Crippen molar-refractivity contribution in [3.05, 3.63) is 0 Å². The van der Waals surface area contributed by atoms with Gasteiger partial charge in [0.25, 0.3) is 0 Å². The maximum atomic E-state index is 6.19. The van der Waals surface area contributed by atoms with Crippen molar-refractivity contribution in [2.45, 2.75) is 59.2 Å². The lowest BCUT2D eigenvalue weighted by Gasteiger charge is -2.37. The van der Waals surface area contributed by atoms with E-state index in [4.69, 9.17) is 10.5 Å². The lowest BCUT2D eigenvalue weighted by Crippen LogP contribution is -2.52. The van der Waals surface area contributed by atoms with Gasteiger partial charge in [-0.1, -0.05) is 5.92 Å². The monoisotopic (exact) mass is 252 g/mol. The zero-order valence-corrected chi connectivity index (χ0v) is 12.5. The summed E-state index contributed by atoms with van der Waals surface area (Å²) >= 11 is 0. The highest BCUT2D eigenvalue weighted by molar-refractivity contribution is 5.09. The number of hydrogen-bond acceptors (Lipinski definition) is 3. The average molecular weight is 252 g/mol. The largest absolute Gasteiger partial charge is 0.374 e. The number of hydrogen-bond donors (Lipinski definition) is 1. The second kappa shape index (κ2) is 6.56. The molecule has 0 aliphatic carbocycles. The lowest BCUT2D eigenvalue weighted by molar-refractivity contribution is -0.0489. The molecule has 0 spiro atoms. The molecule has 3 heteroatoms. The van der Waals surface area contributed by atoms with E-state index in [9.17, 15) is 0 Å². The average Bonchev–Trinajstić information content (AvgIpc) is 2.27. The van der Waals surface area contributed by atoms with Crippen molar-refractivity contribution >= 4 is 0 Å². The van der Waals surface area contributed by atoms with Gasteiger partial charge in [0.05, 0.1) is 12.7 Å². The maximum Gasteiger partial charge on any atom is 0.0862 e. The zero-order chi connectivity index (χ0) is 13.8. The van der Waals surface area contributed by atoms with Crippen LogP contribution in [0.5, 0.6) is 0 Å². The van der Waals surface area contributed by atoms with Crippen LogP contribution in [0.3, 0.4) is 0 Å². The van der Waals surface area contributed by atoms with Crippen molar-refractivity contribution in [2.24, 2.45) is 11.1 Å². The first-order valence-corrected chi connectivity index (χ1v) is 6.91. The third-order valence-electron chi connectivity index (χ3n) is 3.13. The van der Waals surface area contributed by atoms with E-state index in [0.29, 0.717) is 12.5 Å². The van der Waals surface area contributed by atoms with Crippen LogP contribution >= 0.6 is 0 Å². The summed E-state index contributed by atoms with van der Waals surface area (Å²) in [7, 11) is 0. The van der Waals surface area contributed by atoms with Crippen molar-refractivity contribution in [2.75, 3.05) is 19.7 Å². The summed E-state index contributed by atoms with van der Waals surface area (Å²) in [6, 6.07) is 0.575. The fourth-order valence-corrected chi connectivity index (χ4v) is 1.99. The molecule has 1 aliphatic rings. The highest BCUT2D eigenvalue weighted by Crippen LogP contribution is 2.13. The Balaban J connectivity index is 2.46. The van der Waals surface area contributed by atoms with Crippen LogP contribution < -0.4 is 5.73 Å². The molecule has 1 saturated heterocycles. The number of morpholine rings is 1. The lowest BCUT2D eigenvalue weighted by atomic mass is 9.97. The van der Waals surface area contributed by atoms with E-state index in [0.717, 1.165) is 19.7 Å². The molecule has 0 aromatic heterocycles. The van der Waals surface area contributed by atoms with E-state index in [2.05, 4.69) is 51.4 Å². The van der Waals surface area contributed by atoms with Gasteiger partial charge in [-0.3, -0.25) is 4.90 Å². The molecule has 1 heterocycles. The minimum atomic E-state index is 0.0152. The van der Waals surface area contributed by atoms with Crippen LogP contribution in [0.25, 0.3) is 0 Å². The molecule has 0 aromatic rings. The molecule has 2 unspecified atom stereocenters. The Morgan fingerprint density at radius 2 is 2.06 bits per heavy atom. The third kappa shape index (κ3) is 5.39. The molecule has 0 radical (unpaired) electrons. The molecular formula is C15H28N2O. The Labute approximate surface area is 112 Å². The van der Waals surface area contributed by atoms with Crippen molar-refractivity contribution < 1.29 is 4.74 Å². The van der Waals surface area contributed by atoms with E-state index >= 15 is 0 Å². The molecular weight excluding hydrogens is 224 g/mol. The van der Waals surface area contributed by atoms with E-state index in [-0.39, 0.29) is 17.6 Å². The van der Waals surface area contributed by atoms with Crippen LogP contribution in [0.1, 0.15) is 41.0 Å². The van der Waals surface area contributed by atoms with Gasteiger partial charge in [-0.15, -0.1) is 5.92 Å². The molecule has 0 saturated carbocycles. The van der Waals surface area contributed by atoms with Crippen LogP contribution in [0.15, 0.2) is 0 Å². The number of nitrogens with zero attached hydrogens (tertiary/aromatic N) is 1. The fraction of sp³-hybridized carbons (Fsp3) is 0.867. The SMILES string of the molecule is CC(C)N1CCOC(C(N)CC#CC(C)(C)C)C1. The minimum Gasteiger partial charge on any atom is -0.374 e. The van der Waals surface area contributed by atoms with Crippen LogP contribution in [0.2, 0.25) is 0 Å². The first-order chi connectivity index (χ1) is 8.29. The van der Waals surface area contributed by atoms with Crippen LogP contribution in [0.4, 0.5) is 0 Å². The van der Waals surface area contributed by atoms with Gasteiger partial charge in [-0.05, 0) is 34.6 Å². The minimum absolute atomic E-state index is 0.0152. The molecule has 3 nitrogen and oxygen atoms in total. The summed E-state index contributed by atoms with van der Waals surface area (Å²) in [4.78, 5) is 2.42. The molecule has 1 rings (SSSR count). The fourth-order valence-electron chi connectivity index (χ4n) is 1.99. The van der Waals surface area contributed by atoms with Gasteiger partial charge in [0, 0.05) is 37.0 Å². The summed E-state index contributed by atoms with van der Waals surface area (Å²) in [6.07, 6.45) is 0.837. The van der Waals surface area contributed by atoms with Gasteiger partial charge in [-0.2, -0.15) is 0 Å². The van der Waals surface area contributed by atoms with Crippen molar-refractivity contribution in [3.8, 4) is 11.8 Å². The predicted molar refractivity (Wildman–Crippen MR) is 76.3 cm³/mol. The Bertz CT molecular complexity index is 309. The van der Waals surface area contributed by atoms with E-state index < -0.39 is 0 Å². The van der Waals surface area contributed by atoms with Gasteiger partial charge in [-0.25, -0.2) is 0 Å². The molecule has 0 bridgehead atoms. The highest BCUT2D eigenvalue weighted by atomic mass is 16.5. The Morgan fingerprint density at radius 3 is 2.61 bits per heavy atom. The molecule has 2 atom stereocenters. The van der Waals surface area contributed by atoms with E-state index in [1.54, 1.807) is 0 Å². The summed E-state index contributed by atoms with van der Waals surface area (Å²) in [5.41, 5.74) is 6.24. The van der Waals surface area contributed by atoms with E-state index in [1.165, 1.54) is 0 Å². The van der Waals surface area contributed by atoms with E-state index in [1.807, 2.05) is 0 Å². The molecule has 1 aliphatic heterocycles. The van der Waals surface area contributed by atoms with Gasteiger partial charge in [0.2, 0.25) is 0 Å². The van der Waals surface area contributed by atoms with Crippen molar-refractivity contribution in [1.82, 2.24) is 4.90 Å². The molecule has 0 amide bonds. The van der Waals surface area contributed by atoms with Gasteiger partial charge in [0.15, 0.2) is 0 Å². The number of ether oxygens (including phenoxy) is 1. The predicted octanol–water partition coefficient (Wildman–Crippen LogP) is 1.86. The second-order valence-electron chi connectivity index (χ2n) is 6.42. The topological polar surface area (TPSA) is 38.5 Å². The molecule has 0 aromatic carbocycles. The summed E-state index contributed by atoms with van der Waals surface area (Å²) < 4.78 is 5.77. The Morgan fingerprint density at radius 1 is 1.39 bits per heavy atom. The van der Waals surface area contributed by atoms with Crippen LogP contribution in [-0.4, -0.2) is 42.8 Å². The smallest absolute Gasteiger partial charge is 0.0862 e. The summed E-state index contributed by atoms with van der Waals surface area (Å²) in [5, 5.41) is 0. The van der Waals surface area contributed by atoms with Crippen LogP contribution in [-0.2, 0) is 4.74 Å². The van der Waals surface area contributed by atoms with Gasteiger partial charge in [0.1, 0.15) is 0 Å². The normalized spacial score (nSPS) is 23.6. The highest BCUT2D eigenvalue weighted by Gasteiger charge is 2.26. The second-order valence-corrected chi connectivity index (χ2v) is 6.42. The summed E-state index contributed by atoms with van der Waals surface area (Å²) in [6.45, 7) is 13.5. The molecule has 18 heavy (non-hydrogen) atoms. The first-order valence-electron chi connectivity index (χ1n) is 6.91. The van der Waals surface area contributed by atoms with Gasteiger partial charge < -0.3 is 10.5 Å². The van der Waals surface area contributed by atoms with Gasteiger partial charge >= 0.3 is 0 Å². The molecule has 2 N–H and O–H groups in total. The quantitative estimate of drug-likeness (QED) is 0.779. The summed E-state index contributed by atoms with van der Waals surface area (Å²) in [5.74, 6) is 6.42. The zero-order valence-electron chi connectivity index (χ0n) is 12.5. The first kappa shape index (κ1) is 15.5. The third-order valence-corrected chi connectivity index (χ3v) is 3.13. The van der Waals surface area contributed by atoms with Crippen molar-refractivity contribution in [1.29, 1.82) is 0 Å². The Hall–Kier alpha value is -0.560. The Kier molecular flexibility index (Phi) is 5.65. The van der Waals surface area contributed by atoms with Crippen LogP contribution in [0, 0.1) is 17.3 Å². The van der Waals surface area contributed by atoms with Crippen molar-refractivity contribution in [3.63, 3.8) is 0 Å². The standard InChI is InChI=1S/C15H28N2O/c1-12(2)17-9-10-18-14(11-17)13(16)7-6-8-15(3,4)5/h12-14H,7,9-11,16H2,1-5H3. The maximum absolute atomic E-state index is 6.19. The molecule has 104 valence electrons. The number of rotatable bonds is 3. The number of nitrogens with two attached hydrogens (primary N) is 1.